The van der Waals surface area contributed by atoms with Gasteiger partial charge in [-0.25, -0.2) is 0 Å². The number of Topliss-reactive ketones (excluding diaryl/α,β-unsaturated/α-hetero) is 1. The van der Waals surface area contributed by atoms with Crippen molar-refractivity contribution in [1.82, 2.24) is 0 Å². The fraction of sp³-hybridized carbons (Fsp3) is 0.700. The summed E-state index contributed by atoms with van der Waals surface area (Å²) in [5, 5.41) is 0. The lowest BCUT2D eigenvalue weighted by Gasteiger charge is -2.60. The number of hydrogen-bond acceptors (Lipinski definition) is 4. The summed E-state index contributed by atoms with van der Waals surface area (Å²) < 4.78 is 11.8. The zero-order chi connectivity index (χ0) is 15.9. The van der Waals surface area contributed by atoms with E-state index in [-0.39, 0.29) is 29.0 Å². The Bertz CT molecular complexity index is 809. The molecule has 0 radical (unpaired) electrons. The van der Waals surface area contributed by atoms with Crippen LogP contribution in [0, 0.1) is 23.2 Å². The van der Waals surface area contributed by atoms with Crippen LogP contribution in [0.4, 0.5) is 0 Å². The van der Waals surface area contributed by atoms with Crippen LogP contribution in [-0.4, -0.2) is 36.0 Å². The summed E-state index contributed by atoms with van der Waals surface area (Å²) in [7, 11) is 0. The molecule has 124 valence electrons. The molecule has 8 rings (SSSR count). The van der Waals surface area contributed by atoms with Crippen LogP contribution in [-0.2, 0) is 19.1 Å². The molecule has 4 fully saturated rings. The van der Waals surface area contributed by atoms with Crippen LogP contribution < -0.4 is 0 Å². The standard InChI is InChI=1S/C20H20O4/c21-13-7-10-3-2-6-18(10)15-12-5-1-4-11(12)14(16(18)19(13)8-23-19)20(9-24-20)17(15)22/h7,14-16H,1-6,8-9H2/t14-,15-,16?,18?,19-,20+/m1/s1. The minimum absolute atomic E-state index is 0.0320. The zero-order valence-corrected chi connectivity index (χ0v) is 13.6. The number of carbonyl (C=O) groups excluding carboxylic acids is 2. The van der Waals surface area contributed by atoms with E-state index in [0.717, 1.165) is 38.5 Å². The lowest BCUT2D eigenvalue weighted by molar-refractivity contribution is -0.153. The van der Waals surface area contributed by atoms with Gasteiger partial charge in [-0.2, -0.15) is 0 Å². The first-order valence-corrected chi connectivity index (χ1v) is 9.45. The summed E-state index contributed by atoms with van der Waals surface area (Å²) in [6, 6.07) is 0. The Morgan fingerprint density at radius 3 is 2.46 bits per heavy atom. The fourth-order valence-electron chi connectivity index (χ4n) is 7.58. The Labute approximate surface area is 140 Å². The molecule has 0 aromatic rings. The Morgan fingerprint density at radius 1 is 0.958 bits per heavy atom. The van der Waals surface area contributed by atoms with E-state index in [9.17, 15) is 9.59 Å². The molecule has 4 heteroatoms. The third-order valence-electron chi connectivity index (χ3n) is 8.38. The third kappa shape index (κ3) is 1.05. The average Bonchev–Trinajstić information content (AvgIpc) is 3.44. The maximum Gasteiger partial charge on any atom is 0.190 e. The molecule has 2 unspecified atom stereocenters. The van der Waals surface area contributed by atoms with Crippen molar-refractivity contribution in [2.24, 2.45) is 23.2 Å². The van der Waals surface area contributed by atoms with Gasteiger partial charge in [-0.05, 0) is 44.6 Å². The van der Waals surface area contributed by atoms with Crippen molar-refractivity contribution in [3.8, 4) is 0 Å². The minimum Gasteiger partial charge on any atom is -0.361 e. The maximum atomic E-state index is 13.5. The predicted octanol–water partition coefficient (Wildman–Crippen LogP) is 2.13. The highest BCUT2D eigenvalue weighted by molar-refractivity contribution is 6.05. The van der Waals surface area contributed by atoms with E-state index in [0.29, 0.717) is 19.0 Å². The molecule has 0 N–H and O–H groups in total. The van der Waals surface area contributed by atoms with Crippen molar-refractivity contribution in [3.05, 3.63) is 22.8 Å². The lowest BCUT2D eigenvalue weighted by Crippen LogP contribution is -2.68. The molecule has 3 spiro atoms. The molecular formula is C20H20O4. The van der Waals surface area contributed by atoms with Gasteiger partial charge in [0.25, 0.3) is 0 Å². The molecule has 24 heavy (non-hydrogen) atoms. The van der Waals surface area contributed by atoms with E-state index in [1.54, 1.807) is 0 Å². The highest BCUT2D eigenvalue weighted by Gasteiger charge is 2.83. The van der Waals surface area contributed by atoms with Crippen LogP contribution in [0.2, 0.25) is 0 Å². The van der Waals surface area contributed by atoms with Crippen LogP contribution in [0.5, 0.6) is 0 Å². The van der Waals surface area contributed by atoms with Crippen LogP contribution in [0.3, 0.4) is 0 Å². The molecule has 0 amide bonds. The maximum absolute atomic E-state index is 13.5. The number of ether oxygens (including phenoxy) is 2. The van der Waals surface area contributed by atoms with Gasteiger partial charge in [0.2, 0.25) is 0 Å². The fourth-order valence-corrected chi connectivity index (χ4v) is 7.58. The van der Waals surface area contributed by atoms with E-state index in [1.807, 2.05) is 6.08 Å². The smallest absolute Gasteiger partial charge is 0.190 e. The number of rotatable bonds is 0. The highest BCUT2D eigenvalue weighted by atomic mass is 16.6. The summed E-state index contributed by atoms with van der Waals surface area (Å²) in [4.78, 5) is 26.4. The van der Waals surface area contributed by atoms with Gasteiger partial charge in [-0.15, -0.1) is 0 Å². The van der Waals surface area contributed by atoms with Gasteiger partial charge in [0.05, 0.1) is 19.1 Å². The summed E-state index contributed by atoms with van der Waals surface area (Å²) >= 11 is 0. The van der Waals surface area contributed by atoms with Gasteiger partial charge >= 0.3 is 0 Å². The molecule has 6 aliphatic carbocycles. The lowest BCUT2D eigenvalue weighted by atomic mass is 9.40. The van der Waals surface area contributed by atoms with Crippen LogP contribution in [0.25, 0.3) is 0 Å². The van der Waals surface area contributed by atoms with Gasteiger partial charge in [-0.1, -0.05) is 16.7 Å². The molecule has 2 bridgehead atoms. The second-order valence-corrected chi connectivity index (χ2v) is 8.94. The minimum atomic E-state index is -0.641. The Morgan fingerprint density at radius 2 is 1.71 bits per heavy atom. The number of hydrogen-bond donors (Lipinski definition) is 0. The summed E-state index contributed by atoms with van der Waals surface area (Å²) in [6.07, 6.45) is 8.31. The van der Waals surface area contributed by atoms with Crippen molar-refractivity contribution >= 4 is 11.6 Å². The second kappa shape index (κ2) is 3.49. The zero-order valence-electron chi connectivity index (χ0n) is 13.6. The molecule has 2 saturated carbocycles. The van der Waals surface area contributed by atoms with E-state index in [2.05, 4.69) is 0 Å². The molecule has 4 nitrogen and oxygen atoms in total. The van der Waals surface area contributed by atoms with Gasteiger partial charge in [0.15, 0.2) is 22.8 Å². The van der Waals surface area contributed by atoms with Crippen LogP contribution in [0.15, 0.2) is 22.8 Å². The Hall–Kier alpha value is -1.26. The largest absolute Gasteiger partial charge is 0.361 e. The quantitative estimate of drug-likeness (QED) is 0.506. The molecule has 2 heterocycles. The van der Waals surface area contributed by atoms with E-state index in [1.165, 1.54) is 16.7 Å². The molecule has 2 aliphatic heterocycles. The van der Waals surface area contributed by atoms with Crippen molar-refractivity contribution in [1.29, 1.82) is 0 Å². The number of allylic oxidation sites excluding steroid dienone is 2. The van der Waals surface area contributed by atoms with Crippen molar-refractivity contribution < 1.29 is 19.1 Å². The Balaban J connectivity index is 1.58. The van der Waals surface area contributed by atoms with E-state index < -0.39 is 11.2 Å². The van der Waals surface area contributed by atoms with E-state index >= 15 is 0 Å². The van der Waals surface area contributed by atoms with Crippen molar-refractivity contribution in [2.75, 3.05) is 13.2 Å². The normalized spacial score (nSPS) is 55.8. The predicted molar refractivity (Wildman–Crippen MR) is 83.1 cm³/mol. The number of carbonyl (C=O) groups is 2. The van der Waals surface area contributed by atoms with Gasteiger partial charge in [0.1, 0.15) is 0 Å². The number of epoxide rings is 2. The molecular weight excluding hydrogens is 304 g/mol. The van der Waals surface area contributed by atoms with Crippen molar-refractivity contribution in [3.63, 3.8) is 0 Å². The van der Waals surface area contributed by atoms with Crippen LogP contribution >= 0.6 is 0 Å². The first-order chi connectivity index (χ1) is 11.7. The first kappa shape index (κ1) is 13.0. The molecule has 6 atom stereocenters. The highest BCUT2D eigenvalue weighted by Crippen LogP contribution is 2.76. The summed E-state index contributed by atoms with van der Waals surface area (Å²) in [5.74, 6) is 0.705. The third-order valence-corrected chi connectivity index (χ3v) is 8.38. The van der Waals surface area contributed by atoms with Crippen molar-refractivity contribution in [2.45, 2.75) is 49.7 Å². The molecule has 8 aliphatic rings. The monoisotopic (exact) mass is 324 g/mol. The topological polar surface area (TPSA) is 59.2 Å². The molecule has 2 saturated heterocycles. The van der Waals surface area contributed by atoms with E-state index in [4.69, 9.17) is 9.47 Å². The summed E-state index contributed by atoms with van der Waals surface area (Å²) in [5.41, 5.74) is 2.79. The number of ketones is 2. The summed E-state index contributed by atoms with van der Waals surface area (Å²) in [6.45, 7) is 1.10. The second-order valence-electron chi connectivity index (χ2n) is 8.94. The van der Waals surface area contributed by atoms with Gasteiger partial charge in [-0.3, -0.25) is 9.59 Å². The Kier molecular flexibility index (Phi) is 1.89. The molecule has 0 aromatic carbocycles. The van der Waals surface area contributed by atoms with Gasteiger partial charge < -0.3 is 9.47 Å². The van der Waals surface area contributed by atoms with Gasteiger partial charge in [0, 0.05) is 17.3 Å². The molecule has 0 aromatic heterocycles. The first-order valence-electron chi connectivity index (χ1n) is 9.45. The SMILES string of the molecule is O=C1C=C2CCCC23C([C@H]2C4=C(CCC4)[C@@H]3C(=O)[C@]23CO3)[C@@]12CO2. The average molecular weight is 324 g/mol. The van der Waals surface area contributed by atoms with Crippen LogP contribution in [0.1, 0.15) is 38.5 Å².